The molecule has 0 bridgehead atoms. The Bertz CT molecular complexity index is 366. The lowest BCUT2D eigenvalue weighted by Gasteiger charge is -2.33. The average Bonchev–Trinajstić information content (AvgIpc) is 2.38. The van der Waals surface area contributed by atoms with E-state index < -0.39 is 0 Å². The van der Waals surface area contributed by atoms with Crippen LogP contribution in [0.4, 0.5) is 0 Å². The second-order valence-corrected chi connectivity index (χ2v) is 4.11. The van der Waals surface area contributed by atoms with Crippen LogP contribution in [0.25, 0.3) is 0 Å². The number of hydrogen-bond donors (Lipinski definition) is 0. The first-order chi connectivity index (χ1) is 8.27. The van der Waals surface area contributed by atoms with Crippen LogP contribution in [0, 0.1) is 0 Å². The van der Waals surface area contributed by atoms with Gasteiger partial charge in [0.1, 0.15) is 5.75 Å². The first-order valence-corrected chi connectivity index (χ1v) is 5.82. The van der Waals surface area contributed by atoms with Gasteiger partial charge in [0.25, 0.3) is 5.91 Å². The molecule has 0 radical (unpaired) electrons. The summed E-state index contributed by atoms with van der Waals surface area (Å²) in [6.45, 7) is 3.95. The molecule has 1 fully saturated rings. The van der Waals surface area contributed by atoms with Crippen LogP contribution in [0.2, 0.25) is 0 Å². The highest BCUT2D eigenvalue weighted by atomic mass is 16.5. The van der Waals surface area contributed by atoms with Gasteiger partial charge in [0, 0.05) is 6.54 Å². The van der Waals surface area contributed by atoms with Gasteiger partial charge in [0.2, 0.25) is 0 Å². The Balaban J connectivity index is 1.84. The van der Waals surface area contributed by atoms with Gasteiger partial charge in [0.15, 0.2) is 6.61 Å². The Morgan fingerprint density at radius 1 is 1.47 bits per heavy atom. The highest BCUT2D eigenvalue weighted by Crippen LogP contribution is 2.10. The largest absolute Gasteiger partial charge is 0.484 e. The second kappa shape index (κ2) is 5.68. The van der Waals surface area contributed by atoms with Crippen molar-refractivity contribution < 1.29 is 14.3 Å². The van der Waals surface area contributed by atoms with E-state index in [9.17, 15) is 4.79 Å². The van der Waals surface area contributed by atoms with Crippen molar-refractivity contribution >= 4 is 5.91 Å². The van der Waals surface area contributed by atoms with Gasteiger partial charge in [-0.15, -0.1) is 0 Å². The molecule has 4 heteroatoms. The van der Waals surface area contributed by atoms with Gasteiger partial charge in [-0.25, -0.2) is 0 Å². The van der Waals surface area contributed by atoms with E-state index in [1.165, 1.54) is 0 Å². The van der Waals surface area contributed by atoms with Gasteiger partial charge in [0.05, 0.1) is 19.3 Å². The third kappa shape index (κ3) is 3.20. The smallest absolute Gasteiger partial charge is 0.260 e. The Morgan fingerprint density at radius 2 is 2.24 bits per heavy atom. The highest BCUT2D eigenvalue weighted by Gasteiger charge is 2.23. The number of ether oxygens (including phenoxy) is 2. The zero-order valence-corrected chi connectivity index (χ0v) is 9.96. The maximum atomic E-state index is 11.9. The first-order valence-electron chi connectivity index (χ1n) is 5.82. The van der Waals surface area contributed by atoms with Crippen LogP contribution in [-0.2, 0) is 9.53 Å². The lowest BCUT2D eigenvalue weighted by molar-refractivity contribution is -0.141. The predicted molar refractivity (Wildman–Crippen MR) is 63.9 cm³/mol. The van der Waals surface area contributed by atoms with Gasteiger partial charge in [-0.2, -0.15) is 0 Å². The standard InChI is InChI=1S/C13H17NO3/c1-11-9-16-8-7-14(11)13(15)10-17-12-5-3-2-4-6-12/h2-6,11H,7-10H2,1H3/t11-/m0/s1. The van der Waals surface area contributed by atoms with Crippen molar-refractivity contribution in [2.45, 2.75) is 13.0 Å². The summed E-state index contributed by atoms with van der Waals surface area (Å²) >= 11 is 0. The van der Waals surface area contributed by atoms with Crippen LogP contribution >= 0.6 is 0 Å². The zero-order chi connectivity index (χ0) is 12.1. The minimum Gasteiger partial charge on any atom is -0.484 e. The lowest BCUT2D eigenvalue weighted by Crippen LogP contribution is -2.48. The van der Waals surface area contributed by atoms with Gasteiger partial charge in [-0.1, -0.05) is 18.2 Å². The molecule has 2 rings (SSSR count). The molecule has 4 nitrogen and oxygen atoms in total. The molecule has 0 spiro atoms. The van der Waals surface area contributed by atoms with Gasteiger partial charge in [-0.3, -0.25) is 4.79 Å². The van der Waals surface area contributed by atoms with E-state index in [1.807, 2.05) is 42.2 Å². The van der Waals surface area contributed by atoms with Crippen LogP contribution in [-0.4, -0.2) is 43.2 Å². The molecular formula is C13H17NO3. The molecule has 1 aliphatic heterocycles. The molecule has 0 unspecified atom stereocenters. The monoisotopic (exact) mass is 235 g/mol. The van der Waals surface area contributed by atoms with E-state index >= 15 is 0 Å². The maximum absolute atomic E-state index is 11.9. The highest BCUT2D eigenvalue weighted by molar-refractivity contribution is 5.78. The fourth-order valence-corrected chi connectivity index (χ4v) is 1.84. The summed E-state index contributed by atoms with van der Waals surface area (Å²) in [5.41, 5.74) is 0. The summed E-state index contributed by atoms with van der Waals surface area (Å²) in [6.07, 6.45) is 0. The molecule has 0 saturated carbocycles. The van der Waals surface area contributed by atoms with Gasteiger partial charge >= 0.3 is 0 Å². The van der Waals surface area contributed by atoms with Crippen molar-refractivity contribution in [1.29, 1.82) is 0 Å². The normalized spacial score (nSPS) is 20.1. The molecule has 1 aliphatic rings. The molecule has 1 saturated heterocycles. The third-order valence-corrected chi connectivity index (χ3v) is 2.79. The topological polar surface area (TPSA) is 38.8 Å². The van der Waals surface area contributed by atoms with E-state index in [1.54, 1.807) is 0 Å². The fourth-order valence-electron chi connectivity index (χ4n) is 1.84. The molecule has 0 N–H and O–H groups in total. The summed E-state index contributed by atoms with van der Waals surface area (Å²) in [5.74, 6) is 0.742. The Morgan fingerprint density at radius 3 is 2.94 bits per heavy atom. The molecule has 92 valence electrons. The minimum atomic E-state index is 0.0182. The van der Waals surface area contributed by atoms with Crippen molar-refractivity contribution in [2.24, 2.45) is 0 Å². The van der Waals surface area contributed by atoms with E-state index in [0.717, 1.165) is 5.75 Å². The molecule has 0 aliphatic carbocycles. The van der Waals surface area contributed by atoms with Crippen LogP contribution in [0.3, 0.4) is 0 Å². The first kappa shape index (κ1) is 11.9. The average molecular weight is 235 g/mol. The molecule has 1 amide bonds. The summed E-state index contributed by atoms with van der Waals surface area (Å²) in [6, 6.07) is 9.51. The lowest BCUT2D eigenvalue weighted by atomic mass is 10.2. The van der Waals surface area contributed by atoms with E-state index in [-0.39, 0.29) is 18.6 Å². The van der Waals surface area contributed by atoms with Crippen LogP contribution in [0.15, 0.2) is 30.3 Å². The predicted octanol–water partition coefficient (Wildman–Crippen LogP) is 1.31. The number of para-hydroxylation sites is 1. The summed E-state index contributed by atoms with van der Waals surface area (Å²) in [4.78, 5) is 13.7. The Kier molecular flexibility index (Phi) is 3.98. The molecule has 1 atom stereocenters. The third-order valence-electron chi connectivity index (χ3n) is 2.79. The SMILES string of the molecule is C[C@H]1COCCN1C(=O)COc1ccccc1. The Labute approximate surface area is 101 Å². The second-order valence-electron chi connectivity index (χ2n) is 4.11. The number of morpholine rings is 1. The number of carbonyl (C=O) groups excluding carboxylic acids is 1. The molecular weight excluding hydrogens is 218 g/mol. The molecule has 1 aromatic carbocycles. The quantitative estimate of drug-likeness (QED) is 0.793. The van der Waals surface area contributed by atoms with E-state index in [2.05, 4.69) is 0 Å². The van der Waals surface area contributed by atoms with E-state index in [4.69, 9.17) is 9.47 Å². The van der Waals surface area contributed by atoms with Gasteiger partial charge < -0.3 is 14.4 Å². The number of rotatable bonds is 3. The number of nitrogens with zero attached hydrogens (tertiary/aromatic N) is 1. The van der Waals surface area contributed by atoms with Crippen molar-refractivity contribution in [1.82, 2.24) is 4.90 Å². The van der Waals surface area contributed by atoms with Crippen LogP contribution in [0.5, 0.6) is 5.75 Å². The molecule has 0 aromatic heterocycles. The number of amides is 1. The van der Waals surface area contributed by atoms with E-state index in [0.29, 0.717) is 19.8 Å². The molecule has 1 heterocycles. The summed E-state index contributed by atoms with van der Waals surface area (Å²) in [7, 11) is 0. The number of carbonyl (C=O) groups is 1. The van der Waals surface area contributed by atoms with Crippen molar-refractivity contribution in [2.75, 3.05) is 26.4 Å². The van der Waals surface area contributed by atoms with Crippen molar-refractivity contribution in [3.8, 4) is 5.75 Å². The van der Waals surface area contributed by atoms with Crippen molar-refractivity contribution in [3.05, 3.63) is 30.3 Å². The maximum Gasteiger partial charge on any atom is 0.260 e. The number of benzene rings is 1. The molecule has 1 aromatic rings. The summed E-state index contributed by atoms with van der Waals surface area (Å²) in [5, 5.41) is 0. The van der Waals surface area contributed by atoms with Gasteiger partial charge in [-0.05, 0) is 19.1 Å². The number of hydrogen-bond acceptors (Lipinski definition) is 3. The van der Waals surface area contributed by atoms with Crippen LogP contribution < -0.4 is 4.74 Å². The summed E-state index contributed by atoms with van der Waals surface area (Å²) < 4.78 is 10.7. The minimum absolute atomic E-state index is 0.0182. The fraction of sp³-hybridized carbons (Fsp3) is 0.462. The Hall–Kier alpha value is -1.55. The van der Waals surface area contributed by atoms with Crippen LogP contribution in [0.1, 0.15) is 6.92 Å². The zero-order valence-electron chi connectivity index (χ0n) is 9.96. The van der Waals surface area contributed by atoms with Crippen molar-refractivity contribution in [3.63, 3.8) is 0 Å². The molecule has 17 heavy (non-hydrogen) atoms.